The van der Waals surface area contributed by atoms with Crippen LogP contribution in [0.5, 0.6) is 5.75 Å². The first-order valence-corrected chi connectivity index (χ1v) is 6.71. The van der Waals surface area contributed by atoms with E-state index < -0.39 is 11.6 Å². The molecule has 0 atom stereocenters. The SMILES string of the molecule is NC1CCN(CCCOc2ccc(F)c(F)c2)CC1. The molecular weight excluding hydrogens is 250 g/mol. The molecular formula is C14H20F2N2O. The molecule has 0 aromatic heterocycles. The highest BCUT2D eigenvalue weighted by atomic mass is 19.2. The molecule has 19 heavy (non-hydrogen) atoms. The Bertz CT molecular complexity index is 406. The van der Waals surface area contributed by atoms with Crippen LogP contribution in [0.2, 0.25) is 0 Å². The average Bonchev–Trinajstić information content (AvgIpc) is 2.41. The molecule has 0 saturated carbocycles. The van der Waals surface area contributed by atoms with Crippen LogP contribution in [0.25, 0.3) is 0 Å². The third-order valence-corrected chi connectivity index (χ3v) is 3.41. The molecule has 106 valence electrons. The molecule has 1 saturated heterocycles. The van der Waals surface area contributed by atoms with Crippen molar-refractivity contribution in [3.63, 3.8) is 0 Å². The van der Waals surface area contributed by atoms with Gasteiger partial charge in [0.05, 0.1) is 6.61 Å². The molecule has 5 heteroatoms. The van der Waals surface area contributed by atoms with Crippen molar-refractivity contribution in [2.75, 3.05) is 26.2 Å². The largest absolute Gasteiger partial charge is 0.493 e. The van der Waals surface area contributed by atoms with Crippen LogP contribution in [-0.2, 0) is 0 Å². The summed E-state index contributed by atoms with van der Waals surface area (Å²) in [7, 11) is 0. The zero-order valence-corrected chi connectivity index (χ0v) is 10.9. The Hall–Kier alpha value is -1.20. The van der Waals surface area contributed by atoms with E-state index in [1.54, 1.807) is 0 Å². The molecule has 0 spiro atoms. The summed E-state index contributed by atoms with van der Waals surface area (Å²) in [5, 5.41) is 0. The molecule has 3 nitrogen and oxygen atoms in total. The summed E-state index contributed by atoms with van der Waals surface area (Å²) >= 11 is 0. The van der Waals surface area contributed by atoms with Crippen LogP contribution in [0, 0.1) is 11.6 Å². The molecule has 0 radical (unpaired) electrons. The van der Waals surface area contributed by atoms with Gasteiger partial charge in [-0.3, -0.25) is 0 Å². The van der Waals surface area contributed by atoms with Crippen LogP contribution in [0.1, 0.15) is 19.3 Å². The smallest absolute Gasteiger partial charge is 0.162 e. The van der Waals surface area contributed by atoms with Crippen molar-refractivity contribution in [3.05, 3.63) is 29.8 Å². The van der Waals surface area contributed by atoms with Gasteiger partial charge >= 0.3 is 0 Å². The Kier molecular flexibility index (Phi) is 5.10. The number of benzene rings is 1. The number of nitrogens with two attached hydrogens (primary N) is 1. The zero-order valence-electron chi connectivity index (χ0n) is 10.9. The van der Waals surface area contributed by atoms with E-state index in [0.29, 0.717) is 18.4 Å². The van der Waals surface area contributed by atoms with E-state index in [2.05, 4.69) is 4.90 Å². The number of rotatable bonds is 5. The summed E-state index contributed by atoms with van der Waals surface area (Å²) in [5.41, 5.74) is 5.84. The van der Waals surface area contributed by atoms with E-state index in [1.165, 1.54) is 6.07 Å². The standard InChI is InChI=1S/C14H20F2N2O/c15-13-3-2-12(10-14(13)16)19-9-1-6-18-7-4-11(17)5-8-18/h2-3,10-11H,1,4-9,17H2. The van der Waals surface area contributed by atoms with Gasteiger partial charge in [0.15, 0.2) is 11.6 Å². The van der Waals surface area contributed by atoms with Crippen LogP contribution in [0.15, 0.2) is 18.2 Å². The molecule has 1 fully saturated rings. The van der Waals surface area contributed by atoms with Gasteiger partial charge in [-0.1, -0.05) is 0 Å². The van der Waals surface area contributed by atoms with Gasteiger partial charge in [0.1, 0.15) is 5.75 Å². The van der Waals surface area contributed by atoms with Gasteiger partial charge in [0.2, 0.25) is 0 Å². The van der Waals surface area contributed by atoms with Crippen molar-refractivity contribution in [2.24, 2.45) is 5.73 Å². The van der Waals surface area contributed by atoms with Crippen molar-refractivity contribution in [1.82, 2.24) is 4.90 Å². The molecule has 1 aromatic rings. The Morgan fingerprint density at radius 3 is 2.63 bits per heavy atom. The normalized spacial score (nSPS) is 17.6. The molecule has 0 amide bonds. The highest BCUT2D eigenvalue weighted by Gasteiger charge is 2.15. The van der Waals surface area contributed by atoms with E-state index in [1.807, 2.05) is 0 Å². The monoisotopic (exact) mass is 270 g/mol. The topological polar surface area (TPSA) is 38.5 Å². The highest BCUT2D eigenvalue weighted by Crippen LogP contribution is 2.15. The third kappa shape index (κ3) is 4.44. The van der Waals surface area contributed by atoms with Crippen LogP contribution >= 0.6 is 0 Å². The van der Waals surface area contributed by atoms with Gasteiger partial charge < -0.3 is 15.4 Å². The van der Waals surface area contributed by atoms with Gasteiger partial charge in [-0.05, 0) is 44.5 Å². The van der Waals surface area contributed by atoms with Crippen molar-refractivity contribution in [3.8, 4) is 5.75 Å². The maximum atomic E-state index is 12.9. The van der Waals surface area contributed by atoms with Crippen LogP contribution in [0.3, 0.4) is 0 Å². The lowest BCUT2D eigenvalue weighted by Gasteiger charge is -2.29. The molecule has 0 aliphatic carbocycles. The lowest BCUT2D eigenvalue weighted by molar-refractivity contribution is 0.193. The quantitative estimate of drug-likeness (QED) is 0.833. The second kappa shape index (κ2) is 6.82. The maximum Gasteiger partial charge on any atom is 0.162 e. The van der Waals surface area contributed by atoms with Gasteiger partial charge in [0, 0.05) is 18.7 Å². The number of hydrogen-bond acceptors (Lipinski definition) is 3. The van der Waals surface area contributed by atoms with Gasteiger partial charge in [-0.25, -0.2) is 8.78 Å². The summed E-state index contributed by atoms with van der Waals surface area (Å²) in [6.45, 7) is 3.53. The van der Waals surface area contributed by atoms with Gasteiger partial charge in [0.25, 0.3) is 0 Å². The fourth-order valence-electron chi connectivity index (χ4n) is 2.22. The molecule has 1 aromatic carbocycles. The van der Waals surface area contributed by atoms with Crippen LogP contribution in [0.4, 0.5) is 8.78 Å². The fraction of sp³-hybridized carbons (Fsp3) is 0.571. The Labute approximate surface area is 112 Å². The molecule has 1 heterocycles. The first-order valence-electron chi connectivity index (χ1n) is 6.71. The third-order valence-electron chi connectivity index (χ3n) is 3.41. The minimum Gasteiger partial charge on any atom is -0.493 e. The summed E-state index contributed by atoms with van der Waals surface area (Å²) in [6, 6.07) is 3.94. The number of hydrogen-bond donors (Lipinski definition) is 1. The minimum atomic E-state index is -0.873. The first kappa shape index (κ1) is 14.2. The second-order valence-corrected chi connectivity index (χ2v) is 4.96. The van der Waals surface area contributed by atoms with E-state index in [-0.39, 0.29) is 0 Å². The van der Waals surface area contributed by atoms with Crippen LogP contribution in [-0.4, -0.2) is 37.2 Å². The van der Waals surface area contributed by atoms with Crippen LogP contribution < -0.4 is 10.5 Å². The minimum absolute atomic E-state index is 0.342. The molecule has 1 aliphatic rings. The first-order chi connectivity index (χ1) is 9.15. The van der Waals surface area contributed by atoms with E-state index in [0.717, 1.165) is 51.0 Å². The Balaban J connectivity index is 1.65. The summed E-state index contributed by atoms with van der Waals surface area (Å²) < 4.78 is 31.1. The van der Waals surface area contributed by atoms with Crippen molar-refractivity contribution >= 4 is 0 Å². The highest BCUT2D eigenvalue weighted by molar-refractivity contribution is 5.23. The number of likely N-dealkylation sites (tertiary alicyclic amines) is 1. The van der Waals surface area contributed by atoms with E-state index in [4.69, 9.17) is 10.5 Å². The van der Waals surface area contributed by atoms with E-state index in [9.17, 15) is 8.78 Å². The second-order valence-electron chi connectivity index (χ2n) is 4.96. The zero-order chi connectivity index (χ0) is 13.7. The summed E-state index contributed by atoms with van der Waals surface area (Å²) in [5.74, 6) is -1.35. The average molecular weight is 270 g/mol. The number of nitrogens with zero attached hydrogens (tertiary/aromatic N) is 1. The van der Waals surface area contributed by atoms with Crippen molar-refractivity contribution in [2.45, 2.75) is 25.3 Å². The lowest BCUT2D eigenvalue weighted by atomic mass is 10.1. The van der Waals surface area contributed by atoms with E-state index >= 15 is 0 Å². The molecule has 0 bridgehead atoms. The molecule has 2 N–H and O–H groups in total. The summed E-state index contributed by atoms with van der Waals surface area (Å²) in [6.07, 6.45) is 2.96. The number of piperidine rings is 1. The van der Waals surface area contributed by atoms with Gasteiger partial charge in [-0.2, -0.15) is 0 Å². The maximum absolute atomic E-state index is 12.9. The fourth-order valence-corrected chi connectivity index (χ4v) is 2.22. The van der Waals surface area contributed by atoms with Crippen molar-refractivity contribution < 1.29 is 13.5 Å². The Morgan fingerprint density at radius 1 is 1.21 bits per heavy atom. The molecule has 2 rings (SSSR count). The summed E-state index contributed by atoms with van der Waals surface area (Å²) in [4.78, 5) is 2.36. The predicted molar refractivity (Wildman–Crippen MR) is 70.1 cm³/mol. The number of ether oxygens (including phenoxy) is 1. The predicted octanol–water partition coefficient (Wildman–Crippen LogP) is 2.16. The molecule has 1 aliphatic heterocycles. The molecule has 0 unspecified atom stereocenters. The number of halogens is 2. The van der Waals surface area contributed by atoms with Gasteiger partial charge in [-0.15, -0.1) is 0 Å². The Morgan fingerprint density at radius 2 is 1.95 bits per heavy atom. The lowest BCUT2D eigenvalue weighted by Crippen LogP contribution is -2.40. The van der Waals surface area contributed by atoms with Crippen molar-refractivity contribution in [1.29, 1.82) is 0 Å².